The molecular weight excluding hydrogens is 426 g/mol. The number of alkyl halides is 6. The van der Waals surface area contributed by atoms with Gasteiger partial charge in [-0.3, -0.25) is 4.79 Å². The summed E-state index contributed by atoms with van der Waals surface area (Å²) in [6.45, 7) is 0. The summed E-state index contributed by atoms with van der Waals surface area (Å²) in [6.07, 6.45) is -8.71. The van der Waals surface area contributed by atoms with E-state index in [1.165, 1.54) is 30.5 Å². The van der Waals surface area contributed by atoms with Crippen molar-refractivity contribution in [1.29, 1.82) is 0 Å². The number of nitrogens with one attached hydrogen (secondary N) is 1. The molecule has 1 aromatic carbocycles. The number of hydrogen-bond acceptors (Lipinski definition) is 3. The largest absolute Gasteiger partial charge is 0.435 e. The summed E-state index contributed by atoms with van der Waals surface area (Å²) in [5, 5.41) is 5.43. The lowest BCUT2D eigenvalue weighted by Gasteiger charge is -2.11. The Labute approximate surface area is 163 Å². The van der Waals surface area contributed by atoms with Crippen LogP contribution in [0.3, 0.4) is 0 Å². The minimum absolute atomic E-state index is 0.0485. The highest BCUT2D eigenvalue weighted by Gasteiger charge is 2.42. The van der Waals surface area contributed by atoms with Gasteiger partial charge in [-0.2, -0.15) is 31.4 Å². The van der Waals surface area contributed by atoms with Gasteiger partial charge in [0.25, 0.3) is 5.91 Å². The van der Waals surface area contributed by atoms with Gasteiger partial charge in [0.1, 0.15) is 10.8 Å². The van der Waals surface area contributed by atoms with E-state index in [1.807, 2.05) is 0 Å². The molecule has 1 N–H and O–H groups in total. The minimum Gasteiger partial charge on any atom is -0.322 e. The Morgan fingerprint density at radius 2 is 1.66 bits per heavy atom. The topological polar surface area (TPSA) is 59.8 Å². The van der Waals surface area contributed by atoms with Crippen molar-refractivity contribution in [3.05, 3.63) is 70.8 Å². The Morgan fingerprint density at radius 3 is 2.21 bits per heavy atom. The second kappa shape index (κ2) is 7.39. The monoisotopic (exact) mass is 434 g/mol. The van der Waals surface area contributed by atoms with Crippen LogP contribution in [0.1, 0.15) is 21.7 Å². The lowest BCUT2D eigenvalue weighted by Crippen LogP contribution is -2.14. The molecule has 2 heterocycles. The summed E-state index contributed by atoms with van der Waals surface area (Å²) in [6, 6.07) is 7.43. The first-order valence-corrected chi connectivity index (χ1v) is 8.11. The Morgan fingerprint density at radius 1 is 1.00 bits per heavy atom. The number of amides is 1. The molecule has 0 saturated heterocycles. The lowest BCUT2D eigenvalue weighted by atomic mass is 10.2. The zero-order chi connectivity index (χ0) is 21.4. The SMILES string of the molecule is O=C(Nc1ccc(-n2nc(C(F)(F)F)cc2C(F)(F)F)cc1)c1cccnc1Cl. The van der Waals surface area contributed by atoms with Gasteiger partial charge in [0.2, 0.25) is 0 Å². The van der Waals surface area contributed by atoms with Gasteiger partial charge in [-0.25, -0.2) is 9.67 Å². The quantitative estimate of drug-likeness (QED) is 0.455. The lowest BCUT2D eigenvalue weighted by molar-refractivity contribution is -0.143. The van der Waals surface area contributed by atoms with Gasteiger partial charge in [0.05, 0.1) is 11.3 Å². The van der Waals surface area contributed by atoms with Gasteiger partial charge in [0, 0.05) is 18.0 Å². The van der Waals surface area contributed by atoms with Crippen molar-refractivity contribution in [3.63, 3.8) is 0 Å². The number of carbonyl (C=O) groups is 1. The maximum absolute atomic E-state index is 13.1. The van der Waals surface area contributed by atoms with Gasteiger partial charge < -0.3 is 5.32 Å². The number of pyridine rings is 1. The molecule has 0 radical (unpaired) electrons. The number of nitrogens with zero attached hydrogens (tertiary/aromatic N) is 3. The van der Waals surface area contributed by atoms with Gasteiger partial charge in [-0.1, -0.05) is 11.6 Å². The molecule has 0 saturated carbocycles. The van der Waals surface area contributed by atoms with Gasteiger partial charge in [-0.15, -0.1) is 0 Å². The molecule has 3 rings (SSSR count). The van der Waals surface area contributed by atoms with E-state index in [-0.39, 0.29) is 32.8 Å². The van der Waals surface area contributed by atoms with Crippen LogP contribution in [-0.4, -0.2) is 20.7 Å². The van der Waals surface area contributed by atoms with Crippen molar-refractivity contribution in [3.8, 4) is 5.69 Å². The van der Waals surface area contributed by atoms with Crippen molar-refractivity contribution >= 4 is 23.2 Å². The molecule has 1 amide bonds. The van der Waals surface area contributed by atoms with E-state index in [0.717, 1.165) is 12.1 Å². The van der Waals surface area contributed by atoms with Crippen LogP contribution in [0, 0.1) is 0 Å². The Kier molecular flexibility index (Phi) is 5.26. The summed E-state index contributed by atoms with van der Waals surface area (Å²) in [5.74, 6) is -0.620. The van der Waals surface area contributed by atoms with Crippen LogP contribution >= 0.6 is 11.6 Å². The summed E-state index contributed by atoms with van der Waals surface area (Å²) < 4.78 is 77.8. The molecule has 0 aliphatic heterocycles. The number of rotatable bonds is 3. The summed E-state index contributed by atoms with van der Waals surface area (Å²) in [5.41, 5.74) is -3.28. The van der Waals surface area contributed by atoms with Crippen LogP contribution in [0.15, 0.2) is 48.7 Å². The third kappa shape index (κ3) is 4.50. The second-order valence-corrected chi connectivity index (χ2v) is 6.02. The number of halogens is 7. The van der Waals surface area contributed by atoms with Crippen molar-refractivity contribution in [1.82, 2.24) is 14.8 Å². The highest BCUT2D eigenvalue weighted by atomic mass is 35.5. The molecule has 152 valence electrons. The number of hydrogen-bond donors (Lipinski definition) is 1. The van der Waals surface area contributed by atoms with Crippen LogP contribution < -0.4 is 5.32 Å². The third-order valence-electron chi connectivity index (χ3n) is 3.66. The highest BCUT2D eigenvalue weighted by molar-refractivity contribution is 6.33. The second-order valence-electron chi connectivity index (χ2n) is 5.66. The van der Waals surface area contributed by atoms with E-state index in [0.29, 0.717) is 0 Å². The van der Waals surface area contributed by atoms with Crippen LogP contribution in [0.4, 0.5) is 32.0 Å². The first-order chi connectivity index (χ1) is 13.5. The Bertz CT molecular complexity index is 1040. The molecule has 0 fully saturated rings. The van der Waals surface area contributed by atoms with Crippen molar-refractivity contribution in [2.45, 2.75) is 12.4 Å². The molecule has 0 spiro atoms. The number of aromatic nitrogens is 3. The molecule has 5 nitrogen and oxygen atoms in total. The maximum Gasteiger partial charge on any atom is 0.435 e. The number of anilines is 1. The van der Waals surface area contributed by atoms with Gasteiger partial charge >= 0.3 is 12.4 Å². The van der Waals surface area contributed by atoms with Gasteiger partial charge in [0.15, 0.2) is 5.69 Å². The van der Waals surface area contributed by atoms with E-state index in [1.54, 1.807) is 0 Å². The van der Waals surface area contributed by atoms with Crippen LogP contribution in [-0.2, 0) is 12.4 Å². The number of carbonyl (C=O) groups excluding carboxylic acids is 1. The Hall–Kier alpha value is -3.08. The summed E-state index contributed by atoms with van der Waals surface area (Å²) >= 11 is 5.81. The molecular formula is C17H9ClF6N4O. The minimum atomic E-state index is -5.06. The van der Waals surface area contributed by atoms with Crippen molar-refractivity contribution < 1.29 is 31.1 Å². The molecule has 3 aromatic rings. The molecule has 2 aromatic heterocycles. The molecule has 0 aliphatic carbocycles. The van der Waals surface area contributed by atoms with Crippen LogP contribution in [0.5, 0.6) is 0 Å². The third-order valence-corrected chi connectivity index (χ3v) is 3.96. The molecule has 0 unspecified atom stereocenters. The number of benzene rings is 1. The van der Waals surface area contributed by atoms with Crippen LogP contribution in [0.2, 0.25) is 5.15 Å². The van der Waals surface area contributed by atoms with Crippen molar-refractivity contribution in [2.75, 3.05) is 5.32 Å². The molecule has 29 heavy (non-hydrogen) atoms. The summed E-state index contributed by atoms with van der Waals surface area (Å²) in [7, 11) is 0. The molecule has 0 bridgehead atoms. The smallest absolute Gasteiger partial charge is 0.322 e. The van der Waals surface area contributed by atoms with E-state index in [4.69, 9.17) is 11.6 Å². The zero-order valence-electron chi connectivity index (χ0n) is 14.0. The van der Waals surface area contributed by atoms with E-state index in [9.17, 15) is 31.1 Å². The van der Waals surface area contributed by atoms with Crippen molar-refractivity contribution in [2.24, 2.45) is 0 Å². The predicted molar refractivity (Wildman–Crippen MR) is 90.8 cm³/mol. The van der Waals surface area contributed by atoms with E-state index >= 15 is 0 Å². The van der Waals surface area contributed by atoms with Gasteiger partial charge in [-0.05, 0) is 36.4 Å². The zero-order valence-corrected chi connectivity index (χ0v) is 14.8. The average Bonchev–Trinajstić information content (AvgIpc) is 3.09. The highest BCUT2D eigenvalue weighted by Crippen LogP contribution is 2.36. The fourth-order valence-corrected chi connectivity index (χ4v) is 2.56. The predicted octanol–water partition coefficient (Wildman–Crippen LogP) is 5.21. The van der Waals surface area contributed by atoms with E-state index < -0.39 is 29.6 Å². The van der Waals surface area contributed by atoms with Crippen LogP contribution in [0.25, 0.3) is 5.69 Å². The molecule has 12 heteroatoms. The van der Waals surface area contributed by atoms with E-state index in [2.05, 4.69) is 15.4 Å². The molecule has 0 atom stereocenters. The standard InChI is InChI=1S/C17H9ClF6N4O/c18-14-11(2-1-7-25-14)15(29)26-9-3-5-10(6-4-9)28-13(17(22,23)24)8-12(27-28)16(19,20)21/h1-8H,(H,26,29). The first kappa shape index (κ1) is 20.6. The normalized spacial score (nSPS) is 12.1. The Balaban J connectivity index is 1.90. The fraction of sp³-hybridized carbons (Fsp3) is 0.118. The summed E-state index contributed by atoms with van der Waals surface area (Å²) in [4.78, 5) is 15.9. The average molecular weight is 435 g/mol. The first-order valence-electron chi connectivity index (χ1n) is 7.73. The fourth-order valence-electron chi connectivity index (χ4n) is 2.36. The molecule has 0 aliphatic rings. The maximum atomic E-state index is 13.1.